The molecule has 12 heavy (non-hydrogen) atoms. The monoisotopic (exact) mass is 184 g/mol. The summed E-state index contributed by atoms with van der Waals surface area (Å²) in [5.74, 6) is -0.934. The molecule has 62 valence electrons. The van der Waals surface area contributed by atoms with Crippen LogP contribution in [0.1, 0.15) is 5.56 Å². The predicted octanol–water partition coefficient (Wildman–Crippen LogP) is 3.49. The van der Waals surface area contributed by atoms with Crippen molar-refractivity contribution >= 4 is 21.4 Å². The summed E-state index contributed by atoms with van der Waals surface area (Å²) in [6, 6.07) is 3.13. The highest BCUT2D eigenvalue weighted by molar-refractivity contribution is 7.17. The second-order valence-corrected chi connectivity index (χ2v) is 3.61. The van der Waals surface area contributed by atoms with Gasteiger partial charge in [-0.25, -0.2) is 8.78 Å². The summed E-state index contributed by atoms with van der Waals surface area (Å²) in [5, 5.41) is 1.44. The Morgan fingerprint density at radius 3 is 2.67 bits per heavy atom. The Kier molecular flexibility index (Phi) is 1.61. The van der Waals surface area contributed by atoms with Crippen LogP contribution in [0, 0.1) is 18.6 Å². The van der Waals surface area contributed by atoms with Crippen molar-refractivity contribution in [2.75, 3.05) is 0 Å². The Morgan fingerprint density at radius 2 is 1.92 bits per heavy atom. The molecule has 1 aromatic carbocycles. The van der Waals surface area contributed by atoms with Crippen LogP contribution >= 0.6 is 11.3 Å². The predicted molar refractivity (Wildman–Crippen MR) is 46.5 cm³/mol. The van der Waals surface area contributed by atoms with Crippen LogP contribution in [0.3, 0.4) is 0 Å². The van der Waals surface area contributed by atoms with Crippen LogP contribution in [-0.2, 0) is 0 Å². The third-order valence-electron chi connectivity index (χ3n) is 1.73. The number of rotatable bonds is 0. The fourth-order valence-electron chi connectivity index (χ4n) is 1.21. The molecule has 0 aliphatic heterocycles. The SMILES string of the molecule is Cc1cc(F)c2c(F)csc2c1. The summed E-state index contributed by atoms with van der Waals surface area (Å²) >= 11 is 1.23. The molecule has 2 rings (SSSR count). The molecule has 2 aromatic rings. The van der Waals surface area contributed by atoms with Gasteiger partial charge in [-0.05, 0) is 24.6 Å². The molecular weight excluding hydrogens is 178 g/mol. The lowest BCUT2D eigenvalue weighted by Gasteiger charge is -1.94. The molecule has 0 aliphatic rings. The highest BCUT2D eigenvalue weighted by Crippen LogP contribution is 2.28. The van der Waals surface area contributed by atoms with Gasteiger partial charge in [-0.1, -0.05) is 0 Å². The zero-order valence-corrected chi connectivity index (χ0v) is 7.21. The Bertz CT molecular complexity index is 431. The van der Waals surface area contributed by atoms with E-state index in [4.69, 9.17) is 0 Å². The molecule has 0 aliphatic carbocycles. The van der Waals surface area contributed by atoms with Crippen LogP contribution in [0.5, 0.6) is 0 Å². The number of thiophene rings is 1. The van der Waals surface area contributed by atoms with E-state index in [-0.39, 0.29) is 5.39 Å². The van der Waals surface area contributed by atoms with Crippen LogP contribution in [-0.4, -0.2) is 0 Å². The number of benzene rings is 1. The quantitative estimate of drug-likeness (QED) is 0.588. The van der Waals surface area contributed by atoms with Gasteiger partial charge in [-0.3, -0.25) is 0 Å². The van der Waals surface area contributed by atoms with Crippen molar-refractivity contribution < 1.29 is 8.78 Å². The van der Waals surface area contributed by atoms with Gasteiger partial charge in [-0.2, -0.15) is 0 Å². The minimum atomic E-state index is -0.469. The van der Waals surface area contributed by atoms with Crippen LogP contribution in [0.15, 0.2) is 17.5 Å². The molecule has 1 aromatic heterocycles. The summed E-state index contributed by atoms with van der Waals surface area (Å²) in [6.45, 7) is 1.79. The highest BCUT2D eigenvalue weighted by atomic mass is 32.1. The normalized spacial score (nSPS) is 10.9. The Labute approximate surface area is 72.4 Å². The van der Waals surface area contributed by atoms with Gasteiger partial charge in [0.25, 0.3) is 0 Å². The first kappa shape index (κ1) is 7.68. The number of hydrogen-bond donors (Lipinski definition) is 0. The Hall–Kier alpha value is -0.960. The van der Waals surface area contributed by atoms with Crippen molar-refractivity contribution in [2.24, 2.45) is 0 Å². The van der Waals surface area contributed by atoms with Gasteiger partial charge in [0.1, 0.15) is 11.6 Å². The summed E-state index contributed by atoms with van der Waals surface area (Å²) < 4.78 is 26.7. The summed E-state index contributed by atoms with van der Waals surface area (Å²) in [7, 11) is 0. The average Bonchev–Trinajstić information content (AvgIpc) is 2.31. The van der Waals surface area contributed by atoms with Crippen molar-refractivity contribution in [3.05, 3.63) is 34.7 Å². The van der Waals surface area contributed by atoms with Crippen molar-refractivity contribution in [1.29, 1.82) is 0 Å². The van der Waals surface area contributed by atoms with Crippen molar-refractivity contribution in [1.82, 2.24) is 0 Å². The molecule has 0 saturated heterocycles. The Morgan fingerprint density at radius 1 is 1.17 bits per heavy atom. The van der Waals surface area contributed by atoms with Crippen molar-refractivity contribution in [3.63, 3.8) is 0 Å². The molecule has 0 bridgehead atoms. The van der Waals surface area contributed by atoms with E-state index in [0.29, 0.717) is 4.70 Å². The number of halogens is 2. The first-order chi connectivity index (χ1) is 5.68. The average molecular weight is 184 g/mol. The zero-order valence-electron chi connectivity index (χ0n) is 6.40. The third-order valence-corrected chi connectivity index (χ3v) is 2.63. The summed E-state index contributed by atoms with van der Waals surface area (Å²) in [6.07, 6.45) is 0. The molecule has 0 N–H and O–H groups in total. The molecule has 0 fully saturated rings. The minimum absolute atomic E-state index is 0.116. The van der Waals surface area contributed by atoms with Crippen molar-refractivity contribution in [3.8, 4) is 0 Å². The van der Waals surface area contributed by atoms with Gasteiger partial charge in [0.2, 0.25) is 0 Å². The first-order valence-electron chi connectivity index (χ1n) is 3.51. The van der Waals surface area contributed by atoms with E-state index in [1.807, 2.05) is 0 Å². The second kappa shape index (κ2) is 2.52. The van der Waals surface area contributed by atoms with E-state index in [9.17, 15) is 8.78 Å². The molecular formula is C9H6F2S. The van der Waals surface area contributed by atoms with Gasteiger partial charge in [0.15, 0.2) is 0 Å². The maximum absolute atomic E-state index is 13.1. The molecule has 0 atom stereocenters. The standard InChI is InChI=1S/C9H6F2S/c1-5-2-6(10)9-7(11)4-12-8(9)3-5/h2-4H,1H3. The molecule has 1 heterocycles. The number of hydrogen-bond acceptors (Lipinski definition) is 1. The molecule has 0 spiro atoms. The first-order valence-corrected chi connectivity index (χ1v) is 4.39. The number of aryl methyl sites for hydroxylation is 1. The lowest BCUT2D eigenvalue weighted by Crippen LogP contribution is -1.80. The van der Waals surface area contributed by atoms with Crippen LogP contribution in [0.2, 0.25) is 0 Å². The molecule has 3 heteroatoms. The largest absolute Gasteiger partial charge is 0.206 e. The lowest BCUT2D eigenvalue weighted by molar-refractivity contribution is 0.610. The topological polar surface area (TPSA) is 0 Å². The zero-order chi connectivity index (χ0) is 8.72. The third kappa shape index (κ3) is 1.01. The van der Waals surface area contributed by atoms with E-state index in [0.717, 1.165) is 5.56 Å². The van der Waals surface area contributed by atoms with Crippen LogP contribution in [0.4, 0.5) is 8.78 Å². The molecule has 0 nitrogen and oxygen atoms in total. The van der Waals surface area contributed by atoms with Gasteiger partial charge in [-0.15, -0.1) is 11.3 Å². The van der Waals surface area contributed by atoms with Gasteiger partial charge < -0.3 is 0 Å². The smallest absolute Gasteiger partial charge is 0.144 e. The number of fused-ring (bicyclic) bond motifs is 1. The maximum atomic E-state index is 13.1. The van der Waals surface area contributed by atoms with E-state index in [1.165, 1.54) is 22.8 Å². The van der Waals surface area contributed by atoms with E-state index < -0.39 is 11.6 Å². The van der Waals surface area contributed by atoms with Crippen LogP contribution < -0.4 is 0 Å². The molecule has 0 amide bonds. The summed E-state index contributed by atoms with van der Waals surface area (Å²) in [5.41, 5.74) is 0.821. The van der Waals surface area contributed by atoms with Gasteiger partial charge in [0, 0.05) is 10.1 Å². The van der Waals surface area contributed by atoms with Gasteiger partial charge >= 0.3 is 0 Å². The fraction of sp³-hybridized carbons (Fsp3) is 0.111. The highest BCUT2D eigenvalue weighted by Gasteiger charge is 2.08. The molecule has 0 radical (unpaired) electrons. The second-order valence-electron chi connectivity index (χ2n) is 2.70. The lowest BCUT2D eigenvalue weighted by atomic mass is 10.2. The Balaban J connectivity index is 2.93. The van der Waals surface area contributed by atoms with Crippen LogP contribution in [0.25, 0.3) is 10.1 Å². The molecule has 0 unspecified atom stereocenters. The fourth-order valence-corrected chi connectivity index (χ4v) is 2.12. The van der Waals surface area contributed by atoms with E-state index >= 15 is 0 Å². The van der Waals surface area contributed by atoms with E-state index in [1.54, 1.807) is 13.0 Å². The minimum Gasteiger partial charge on any atom is -0.206 e. The maximum Gasteiger partial charge on any atom is 0.144 e. The van der Waals surface area contributed by atoms with E-state index in [2.05, 4.69) is 0 Å². The van der Waals surface area contributed by atoms with Crippen molar-refractivity contribution in [2.45, 2.75) is 6.92 Å². The summed E-state index contributed by atoms with van der Waals surface area (Å²) in [4.78, 5) is 0. The van der Waals surface area contributed by atoms with Gasteiger partial charge in [0.05, 0.1) is 5.39 Å². The molecule has 0 saturated carbocycles.